The number of aryl methyl sites for hydroxylation is 1. The van der Waals surface area contributed by atoms with Crippen LogP contribution < -0.4 is 15.2 Å². The molecule has 2 N–H and O–H groups in total. The third kappa shape index (κ3) is 2.34. The van der Waals surface area contributed by atoms with E-state index in [1.165, 1.54) is 0 Å². The topological polar surface area (TPSA) is 61.6 Å². The maximum absolute atomic E-state index is 10.7. The summed E-state index contributed by atoms with van der Waals surface area (Å²) >= 11 is 2.21. The lowest BCUT2D eigenvalue weighted by molar-refractivity contribution is -0.117. The van der Waals surface area contributed by atoms with Crippen LogP contribution in [0.15, 0.2) is 12.1 Å². The van der Waals surface area contributed by atoms with Gasteiger partial charge in [0.05, 0.1) is 0 Å². The van der Waals surface area contributed by atoms with E-state index in [9.17, 15) is 4.79 Å². The number of halogens is 1. The fourth-order valence-electron chi connectivity index (χ4n) is 1.41. The van der Waals surface area contributed by atoms with Crippen molar-refractivity contribution < 1.29 is 14.3 Å². The first kappa shape index (κ1) is 10.5. The van der Waals surface area contributed by atoms with E-state index in [0.29, 0.717) is 12.8 Å². The molecule has 1 aliphatic rings. The second kappa shape index (κ2) is 4.26. The lowest BCUT2D eigenvalue weighted by Gasteiger charge is -2.04. The molecular weight excluding hydrogens is 309 g/mol. The molecule has 0 bridgehead atoms. The summed E-state index contributed by atoms with van der Waals surface area (Å²) in [7, 11) is 0. The molecule has 0 saturated carbocycles. The Morgan fingerprint density at radius 1 is 1.40 bits per heavy atom. The molecule has 80 valence electrons. The van der Waals surface area contributed by atoms with Crippen LogP contribution in [0.5, 0.6) is 11.5 Å². The van der Waals surface area contributed by atoms with Crippen molar-refractivity contribution in [1.29, 1.82) is 0 Å². The van der Waals surface area contributed by atoms with Crippen molar-refractivity contribution >= 4 is 28.5 Å². The smallest absolute Gasteiger partial charge is 0.231 e. The molecule has 0 aromatic heterocycles. The summed E-state index contributed by atoms with van der Waals surface area (Å²) in [5.74, 6) is 1.22. The van der Waals surface area contributed by atoms with Crippen molar-refractivity contribution in [2.45, 2.75) is 12.8 Å². The highest BCUT2D eigenvalue weighted by molar-refractivity contribution is 14.1. The Bertz CT molecular complexity index is 406. The number of fused-ring (bicyclic) bond motifs is 1. The van der Waals surface area contributed by atoms with Crippen molar-refractivity contribution in [3.05, 3.63) is 21.3 Å². The van der Waals surface area contributed by atoms with Crippen molar-refractivity contribution in [3.8, 4) is 11.5 Å². The molecule has 0 spiro atoms. The zero-order chi connectivity index (χ0) is 10.8. The Morgan fingerprint density at radius 2 is 2.07 bits per heavy atom. The van der Waals surface area contributed by atoms with E-state index < -0.39 is 0 Å². The van der Waals surface area contributed by atoms with Crippen molar-refractivity contribution in [3.63, 3.8) is 0 Å². The number of ether oxygens (including phenoxy) is 2. The van der Waals surface area contributed by atoms with Gasteiger partial charge < -0.3 is 15.2 Å². The molecule has 0 fully saturated rings. The molecule has 0 unspecified atom stereocenters. The summed E-state index contributed by atoms with van der Waals surface area (Å²) in [4.78, 5) is 10.7. The average Bonchev–Trinajstić information content (AvgIpc) is 2.60. The number of hydrogen-bond acceptors (Lipinski definition) is 3. The second-order valence-corrected chi connectivity index (χ2v) is 4.43. The second-order valence-electron chi connectivity index (χ2n) is 3.26. The van der Waals surface area contributed by atoms with Crippen LogP contribution in [0.2, 0.25) is 0 Å². The Labute approximate surface area is 101 Å². The molecule has 1 aromatic carbocycles. The van der Waals surface area contributed by atoms with Gasteiger partial charge in [-0.15, -0.1) is 0 Å². The van der Waals surface area contributed by atoms with Gasteiger partial charge in [0.1, 0.15) is 0 Å². The van der Waals surface area contributed by atoms with E-state index in [2.05, 4.69) is 22.6 Å². The van der Waals surface area contributed by atoms with Gasteiger partial charge in [-0.3, -0.25) is 4.79 Å². The lowest BCUT2D eigenvalue weighted by Crippen LogP contribution is -2.11. The monoisotopic (exact) mass is 319 g/mol. The standard InChI is InChI=1S/C10H10INO3/c11-7-4-9-8(14-5-15-9)3-6(7)1-2-10(12)13/h3-4H,1-2,5H2,(H2,12,13). The number of rotatable bonds is 3. The molecular formula is C10H10INO3. The summed E-state index contributed by atoms with van der Waals surface area (Å²) in [5, 5.41) is 0. The van der Waals surface area contributed by atoms with Crippen LogP contribution in [0.25, 0.3) is 0 Å². The Hall–Kier alpha value is -0.980. The third-order valence-corrected chi connectivity index (χ3v) is 3.19. The van der Waals surface area contributed by atoms with Gasteiger partial charge in [0, 0.05) is 9.99 Å². The van der Waals surface area contributed by atoms with Gasteiger partial charge in [-0.1, -0.05) is 0 Å². The predicted octanol–water partition coefficient (Wildman–Crippen LogP) is 1.44. The van der Waals surface area contributed by atoms with Crippen LogP contribution in [0.1, 0.15) is 12.0 Å². The minimum atomic E-state index is -0.288. The molecule has 4 nitrogen and oxygen atoms in total. The fraction of sp³-hybridized carbons (Fsp3) is 0.300. The first-order chi connectivity index (χ1) is 7.16. The normalized spacial score (nSPS) is 12.9. The minimum Gasteiger partial charge on any atom is -0.454 e. The van der Waals surface area contributed by atoms with Gasteiger partial charge in [0.15, 0.2) is 11.5 Å². The maximum Gasteiger partial charge on any atom is 0.231 e. The van der Waals surface area contributed by atoms with Gasteiger partial charge in [-0.05, 0) is 46.7 Å². The van der Waals surface area contributed by atoms with Crippen molar-refractivity contribution in [2.24, 2.45) is 5.73 Å². The largest absolute Gasteiger partial charge is 0.454 e. The van der Waals surface area contributed by atoms with Crippen LogP contribution in [-0.2, 0) is 11.2 Å². The number of amides is 1. The third-order valence-electron chi connectivity index (χ3n) is 2.18. The molecule has 1 heterocycles. The summed E-state index contributed by atoms with van der Waals surface area (Å²) < 4.78 is 11.6. The summed E-state index contributed by atoms with van der Waals surface area (Å²) in [6.45, 7) is 0.269. The van der Waals surface area contributed by atoms with E-state index in [-0.39, 0.29) is 12.7 Å². The predicted molar refractivity (Wildman–Crippen MR) is 62.8 cm³/mol. The van der Waals surface area contributed by atoms with Crippen molar-refractivity contribution in [1.82, 2.24) is 0 Å². The number of carbonyl (C=O) groups is 1. The quantitative estimate of drug-likeness (QED) is 0.858. The lowest BCUT2D eigenvalue weighted by atomic mass is 10.1. The molecule has 0 saturated heterocycles. The Balaban J connectivity index is 2.21. The molecule has 1 aromatic rings. The molecule has 0 radical (unpaired) electrons. The highest BCUT2D eigenvalue weighted by Crippen LogP contribution is 2.35. The fourth-order valence-corrected chi connectivity index (χ4v) is 2.12. The first-order valence-corrected chi connectivity index (χ1v) is 5.61. The average molecular weight is 319 g/mol. The van der Waals surface area contributed by atoms with Gasteiger partial charge in [-0.2, -0.15) is 0 Å². The molecule has 0 atom stereocenters. The van der Waals surface area contributed by atoms with Gasteiger partial charge in [0.2, 0.25) is 12.7 Å². The number of nitrogens with two attached hydrogens (primary N) is 1. The van der Waals surface area contributed by atoms with E-state index in [1.54, 1.807) is 0 Å². The summed E-state index contributed by atoms with van der Waals surface area (Å²) in [5.41, 5.74) is 6.17. The highest BCUT2D eigenvalue weighted by Gasteiger charge is 2.16. The van der Waals surface area contributed by atoms with Gasteiger partial charge in [0.25, 0.3) is 0 Å². The first-order valence-electron chi connectivity index (χ1n) is 4.53. The summed E-state index contributed by atoms with van der Waals surface area (Å²) in [6.07, 6.45) is 1.000. The van der Waals surface area contributed by atoms with Gasteiger partial charge in [-0.25, -0.2) is 0 Å². The Morgan fingerprint density at radius 3 is 2.73 bits per heavy atom. The van der Waals surface area contributed by atoms with E-state index >= 15 is 0 Å². The van der Waals surface area contributed by atoms with E-state index in [1.807, 2.05) is 12.1 Å². The van der Waals surface area contributed by atoms with Crippen LogP contribution in [0.4, 0.5) is 0 Å². The SMILES string of the molecule is NC(=O)CCc1cc2c(cc1I)OCO2. The van der Waals surface area contributed by atoms with Gasteiger partial charge >= 0.3 is 0 Å². The zero-order valence-electron chi connectivity index (χ0n) is 7.96. The van der Waals surface area contributed by atoms with Crippen molar-refractivity contribution in [2.75, 3.05) is 6.79 Å². The molecule has 2 rings (SSSR count). The van der Waals surface area contributed by atoms with E-state index in [0.717, 1.165) is 20.6 Å². The van der Waals surface area contributed by atoms with E-state index in [4.69, 9.17) is 15.2 Å². The molecule has 1 amide bonds. The Kier molecular flexibility index (Phi) is 2.99. The molecule has 1 aliphatic heterocycles. The molecule has 0 aliphatic carbocycles. The van der Waals surface area contributed by atoms with Crippen LogP contribution in [0.3, 0.4) is 0 Å². The van der Waals surface area contributed by atoms with Crippen LogP contribution in [-0.4, -0.2) is 12.7 Å². The number of benzene rings is 1. The number of primary amides is 1. The molecule has 15 heavy (non-hydrogen) atoms. The molecule has 5 heteroatoms. The van der Waals surface area contributed by atoms with Crippen LogP contribution in [0, 0.1) is 3.57 Å². The minimum absolute atomic E-state index is 0.269. The highest BCUT2D eigenvalue weighted by atomic mass is 127. The van der Waals surface area contributed by atoms with Crippen LogP contribution >= 0.6 is 22.6 Å². The number of hydrogen-bond donors (Lipinski definition) is 1. The number of carbonyl (C=O) groups excluding carboxylic acids is 1. The maximum atomic E-state index is 10.7. The zero-order valence-corrected chi connectivity index (χ0v) is 10.1. The summed E-state index contributed by atoms with van der Waals surface area (Å²) in [6, 6.07) is 3.83.